The molecule has 5 nitrogen and oxygen atoms in total. The molecule has 5 heteroatoms. The summed E-state index contributed by atoms with van der Waals surface area (Å²) < 4.78 is 6.17. The molecule has 44 heavy (non-hydrogen) atoms. The van der Waals surface area contributed by atoms with Crippen molar-refractivity contribution in [2.75, 3.05) is 13.7 Å². The molecule has 3 rings (SSSR count). The Hall–Kier alpha value is -2.79. The number of nitrogens with zero attached hydrogens (tertiary/aromatic N) is 2. The van der Waals surface area contributed by atoms with E-state index in [2.05, 4.69) is 85.5 Å². The molecular weight excluding hydrogens is 544 g/mol. The number of allylic oxidation sites excluding steroid dienone is 5. The SMILES string of the molecule is CC(C)C1CCC(/N=C(\C=O)C2=CC(OCCC(C)(C)C)=CC=CC2)(N(C)C(CCC(C)(C)C)c2ccc(C=O)cc2)CC1. The van der Waals surface area contributed by atoms with E-state index in [1.54, 1.807) is 0 Å². The first-order chi connectivity index (χ1) is 20.7. The van der Waals surface area contributed by atoms with Gasteiger partial charge >= 0.3 is 0 Å². The van der Waals surface area contributed by atoms with Crippen LogP contribution in [0, 0.1) is 22.7 Å². The molecule has 0 radical (unpaired) electrons. The summed E-state index contributed by atoms with van der Waals surface area (Å²) in [6, 6.07) is 8.12. The average Bonchev–Trinajstić information content (AvgIpc) is 3.21. The highest BCUT2D eigenvalue weighted by Crippen LogP contribution is 2.45. The molecule has 0 spiro atoms. The standard InChI is InChI=1S/C39H58N2O3/c1-29(2)31-18-22-39(23-19-31,41(9)36(20-21-37(3,4)5)32-16-14-30(27-42)15-17-32)40-35(28-43)33-12-10-11-13-34(26-33)44-25-24-38(6,7)8/h10-11,13-17,26-29,31,36H,12,18-25H2,1-9H3/b40-35+. The van der Waals surface area contributed by atoms with Gasteiger partial charge in [-0.15, -0.1) is 0 Å². The van der Waals surface area contributed by atoms with Gasteiger partial charge in [-0.3, -0.25) is 19.5 Å². The number of aldehydes is 2. The zero-order chi connectivity index (χ0) is 32.5. The summed E-state index contributed by atoms with van der Waals surface area (Å²) in [5, 5.41) is 0. The maximum atomic E-state index is 12.8. The van der Waals surface area contributed by atoms with Crippen LogP contribution in [0.3, 0.4) is 0 Å². The number of aliphatic imine (C=N–C) groups is 1. The summed E-state index contributed by atoms with van der Waals surface area (Å²) in [5.41, 5.74) is 3.13. The van der Waals surface area contributed by atoms with Crippen LogP contribution in [0.4, 0.5) is 0 Å². The number of rotatable bonds is 13. The minimum atomic E-state index is -0.513. The fraction of sp³-hybridized carbons (Fsp3) is 0.615. The highest BCUT2D eigenvalue weighted by Gasteiger charge is 2.43. The summed E-state index contributed by atoms with van der Waals surface area (Å²) in [4.78, 5) is 32.2. The number of ether oxygens (including phenoxy) is 1. The first-order valence-corrected chi connectivity index (χ1v) is 16.7. The Morgan fingerprint density at radius 1 is 1.02 bits per heavy atom. The van der Waals surface area contributed by atoms with Gasteiger partial charge in [-0.05, 0) is 104 Å². The number of benzene rings is 1. The summed E-state index contributed by atoms with van der Waals surface area (Å²) in [5.74, 6) is 2.04. The monoisotopic (exact) mass is 602 g/mol. The van der Waals surface area contributed by atoms with Crippen LogP contribution in [-0.4, -0.2) is 42.5 Å². The molecule has 0 aromatic heterocycles. The van der Waals surface area contributed by atoms with E-state index in [0.717, 1.165) is 68.9 Å². The normalized spacial score (nSPS) is 22.3. The van der Waals surface area contributed by atoms with E-state index in [-0.39, 0.29) is 16.9 Å². The molecule has 1 atom stereocenters. The molecule has 1 aromatic carbocycles. The van der Waals surface area contributed by atoms with Crippen LogP contribution in [0.2, 0.25) is 0 Å². The zero-order valence-corrected chi connectivity index (χ0v) is 29.0. The highest BCUT2D eigenvalue weighted by molar-refractivity contribution is 6.36. The lowest BCUT2D eigenvalue weighted by atomic mass is 9.75. The Bertz CT molecular complexity index is 1210. The lowest BCUT2D eigenvalue weighted by Gasteiger charge is -2.48. The molecule has 2 aliphatic rings. The van der Waals surface area contributed by atoms with Crippen molar-refractivity contribution in [2.45, 2.75) is 118 Å². The van der Waals surface area contributed by atoms with Crippen molar-refractivity contribution < 1.29 is 14.3 Å². The van der Waals surface area contributed by atoms with Gasteiger partial charge < -0.3 is 4.74 Å². The minimum Gasteiger partial charge on any atom is -0.494 e. The van der Waals surface area contributed by atoms with Crippen molar-refractivity contribution in [2.24, 2.45) is 27.7 Å². The van der Waals surface area contributed by atoms with E-state index in [1.807, 2.05) is 30.4 Å². The molecule has 1 unspecified atom stereocenters. The topological polar surface area (TPSA) is 59.0 Å². The van der Waals surface area contributed by atoms with Gasteiger partial charge in [0.2, 0.25) is 0 Å². The van der Waals surface area contributed by atoms with Crippen LogP contribution >= 0.6 is 0 Å². The van der Waals surface area contributed by atoms with Crippen LogP contribution in [0.15, 0.2) is 64.9 Å². The van der Waals surface area contributed by atoms with Crippen LogP contribution < -0.4 is 0 Å². The van der Waals surface area contributed by atoms with Crippen molar-refractivity contribution in [3.05, 3.63) is 71.0 Å². The minimum absolute atomic E-state index is 0.0985. The average molecular weight is 603 g/mol. The molecule has 0 heterocycles. The first kappa shape index (κ1) is 35.7. The van der Waals surface area contributed by atoms with Gasteiger partial charge in [0, 0.05) is 11.6 Å². The number of carbonyl (C=O) groups excluding carboxylic acids is 2. The van der Waals surface area contributed by atoms with Crippen LogP contribution in [0.1, 0.15) is 129 Å². The third kappa shape index (κ3) is 10.4. The lowest BCUT2D eigenvalue weighted by Crippen LogP contribution is -2.50. The number of hydrogen-bond acceptors (Lipinski definition) is 5. The smallest absolute Gasteiger partial charge is 0.168 e. The summed E-state index contributed by atoms with van der Waals surface area (Å²) in [7, 11) is 2.20. The summed E-state index contributed by atoms with van der Waals surface area (Å²) in [6.45, 7) is 18.8. The van der Waals surface area contributed by atoms with Gasteiger partial charge in [0.15, 0.2) is 6.29 Å². The Labute approximate surface area is 267 Å². The van der Waals surface area contributed by atoms with E-state index in [9.17, 15) is 9.59 Å². The lowest BCUT2D eigenvalue weighted by molar-refractivity contribution is -0.102. The van der Waals surface area contributed by atoms with E-state index >= 15 is 0 Å². The fourth-order valence-electron chi connectivity index (χ4n) is 6.33. The van der Waals surface area contributed by atoms with Gasteiger partial charge in [-0.25, -0.2) is 0 Å². The van der Waals surface area contributed by atoms with Crippen molar-refractivity contribution in [3.63, 3.8) is 0 Å². The first-order valence-electron chi connectivity index (χ1n) is 16.7. The van der Waals surface area contributed by atoms with Gasteiger partial charge in [0.05, 0.1) is 6.61 Å². The fourth-order valence-corrected chi connectivity index (χ4v) is 6.33. The molecule has 2 aliphatic carbocycles. The predicted molar refractivity (Wildman–Crippen MR) is 184 cm³/mol. The molecule has 0 amide bonds. The predicted octanol–water partition coefficient (Wildman–Crippen LogP) is 9.70. The van der Waals surface area contributed by atoms with Crippen LogP contribution in [0.5, 0.6) is 0 Å². The summed E-state index contributed by atoms with van der Waals surface area (Å²) in [6.07, 6.45) is 17.5. The molecule has 1 saturated carbocycles. The van der Waals surface area contributed by atoms with Crippen LogP contribution in [0.25, 0.3) is 0 Å². The molecule has 242 valence electrons. The van der Waals surface area contributed by atoms with Crippen molar-refractivity contribution in [3.8, 4) is 0 Å². The molecule has 0 aliphatic heterocycles. The Morgan fingerprint density at radius 2 is 1.66 bits per heavy atom. The second kappa shape index (κ2) is 15.5. The molecule has 1 fully saturated rings. The maximum Gasteiger partial charge on any atom is 0.168 e. The molecule has 1 aromatic rings. The number of hydrogen-bond donors (Lipinski definition) is 0. The number of carbonyl (C=O) groups is 2. The van der Waals surface area contributed by atoms with E-state index in [4.69, 9.17) is 9.73 Å². The quantitative estimate of drug-likeness (QED) is 0.167. The maximum absolute atomic E-state index is 12.8. The van der Waals surface area contributed by atoms with Gasteiger partial charge in [0.25, 0.3) is 0 Å². The molecule has 0 N–H and O–H groups in total. The van der Waals surface area contributed by atoms with E-state index in [0.29, 0.717) is 36.1 Å². The van der Waals surface area contributed by atoms with Crippen molar-refractivity contribution >= 4 is 18.3 Å². The summed E-state index contributed by atoms with van der Waals surface area (Å²) >= 11 is 0. The van der Waals surface area contributed by atoms with Crippen LogP contribution in [-0.2, 0) is 9.53 Å². The highest BCUT2D eigenvalue weighted by atomic mass is 16.5. The Kier molecular flexibility index (Phi) is 12.5. The third-order valence-corrected chi connectivity index (χ3v) is 9.46. The molecule has 0 saturated heterocycles. The van der Waals surface area contributed by atoms with Crippen molar-refractivity contribution in [1.29, 1.82) is 0 Å². The van der Waals surface area contributed by atoms with E-state index < -0.39 is 5.66 Å². The largest absolute Gasteiger partial charge is 0.494 e. The Balaban J connectivity index is 2.05. The van der Waals surface area contributed by atoms with E-state index in [1.165, 1.54) is 5.56 Å². The second-order valence-electron chi connectivity index (χ2n) is 15.7. The third-order valence-electron chi connectivity index (χ3n) is 9.46. The van der Waals surface area contributed by atoms with Gasteiger partial charge in [-0.2, -0.15) is 0 Å². The van der Waals surface area contributed by atoms with Gasteiger partial charge in [0.1, 0.15) is 23.4 Å². The zero-order valence-electron chi connectivity index (χ0n) is 29.0. The second-order valence-corrected chi connectivity index (χ2v) is 15.7. The molecule has 0 bridgehead atoms. The molecular formula is C39H58N2O3. The van der Waals surface area contributed by atoms with Crippen molar-refractivity contribution in [1.82, 2.24) is 4.90 Å². The van der Waals surface area contributed by atoms with Gasteiger partial charge in [-0.1, -0.05) is 91.8 Å². The Morgan fingerprint density at radius 3 is 2.20 bits per heavy atom.